The third-order valence-corrected chi connectivity index (χ3v) is 4.98. The summed E-state index contributed by atoms with van der Waals surface area (Å²) in [6.07, 6.45) is 10.9. The predicted molar refractivity (Wildman–Crippen MR) is 64.9 cm³/mol. The standard InChI is InChI=1S/C12H23NS/c1-9(10-7-8-10)13-11-5-3-4-6-12(11)14-2/h9-13H,3-8H2,1-2H3. The molecule has 3 unspecified atom stereocenters. The molecule has 3 atom stereocenters. The van der Waals surface area contributed by atoms with Gasteiger partial charge in [0, 0.05) is 17.3 Å². The van der Waals surface area contributed by atoms with Crippen molar-refractivity contribution in [2.45, 2.75) is 62.8 Å². The van der Waals surface area contributed by atoms with Crippen LogP contribution in [0.4, 0.5) is 0 Å². The third-order valence-electron chi connectivity index (χ3n) is 3.81. The molecule has 2 rings (SSSR count). The van der Waals surface area contributed by atoms with Gasteiger partial charge in [-0.25, -0.2) is 0 Å². The van der Waals surface area contributed by atoms with Gasteiger partial charge in [0.15, 0.2) is 0 Å². The molecule has 2 saturated carbocycles. The Morgan fingerprint density at radius 2 is 1.86 bits per heavy atom. The van der Waals surface area contributed by atoms with Gasteiger partial charge in [-0.15, -0.1) is 0 Å². The minimum Gasteiger partial charge on any atom is -0.310 e. The summed E-state index contributed by atoms with van der Waals surface area (Å²) in [7, 11) is 0. The van der Waals surface area contributed by atoms with Crippen molar-refractivity contribution in [1.82, 2.24) is 5.32 Å². The molecule has 1 nitrogen and oxygen atoms in total. The van der Waals surface area contributed by atoms with E-state index >= 15 is 0 Å². The molecule has 0 spiro atoms. The molecule has 2 heteroatoms. The van der Waals surface area contributed by atoms with Crippen LogP contribution in [0, 0.1) is 5.92 Å². The summed E-state index contributed by atoms with van der Waals surface area (Å²) in [5.74, 6) is 0.999. The summed E-state index contributed by atoms with van der Waals surface area (Å²) in [5.41, 5.74) is 0. The zero-order chi connectivity index (χ0) is 9.97. The highest BCUT2D eigenvalue weighted by molar-refractivity contribution is 7.99. The van der Waals surface area contributed by atoms with E-state index in [1.807, 2.05) is 0 Å². The lowest BCUT2D eigenvalue weighted by molar-refractivity contribution is 0.338. The minimum absolute atomic E-state index is 0.771. The van der Waals surface area contributed by atoms with Gasteiger partial charge >= 0.3 is 0 Å². The molecule has 0 aromatic rings. The molecule has 2 aliphatic rings. The largest absolute Gasteiger partial charge is 0.310 e. The van der Waals surface area contributed by atoms with Gasteiger partial charge in [0.25, 0.3) is 0 Å². The van der Waals surface area contributed by atoms with Gasteiger partial charge in [0.1, 0.15) is 0 Å². The molecule has 1 N–H and O–H groups in total. The van der Waals surface area contributed by atoms with Gasteiger partial charge in [-0.1, -0.05) is 12.8 Å². The monoisotopic (exact) mass is 213 g/mol. The lowest BCUT2D eigenvalue weighted by Crippen LogP contribution is -2.45. The molecule has 0 aromatic heterocycles. The average Bonchev–Trinajstić information content (AvgIpc) is 3.02. The predicted octanol–water partition coefficient (Wildman–Crippen LogP) is 3.05. The van der Waals surface area contributed by atoms with E-state index in [9.17, 15) is 0 Å². The summed E-state index contributed by atoms with van der Waals surface area (Å²) >= 11 is 2.07. The van der Waals surface area contributed by atoms with Crippen LogP contribution in [0.5, 0.6) is 0 Å². The lowest BCUT2D eigenvalue weighted by Gasteiger charge is -2.33. The van der Waals surface area contributed by atoms with Gasteiger partial charge in [-0.3, -0.25) is 0 Å². The Balaban J connectivity index is 1.80. The Morgan fingerprint density at radius 3 is 2.50 bits per heavy atom. The molecule has 0 amide bonds. The van der Waals surface area contributed by atoms with Crippen LogP contribution < -0.4 is 5.32 Å². The molecule has 14 heavy (non-hydrogen) atoms. The number of hydrogen-bond donors (Lipinski definition) is 1. The number of hydrogen-bond acceptors (Lipinski definition) is 2. The summed E-state index contributed by atoms with van der Waals surface area (Å²) in [4.78, 5) is 0. The maximum atomic E-state index is 3.86. The molecule has 82 valence electrons. The van der Waals surface area contributed by atoms with Crippen molar-refractivity contribution < 1.29 is 0 Å². The normalized spacial score (nSPS) is 35.6. The van der Waals surface area contributed by atoms with Crippen molar-refractivity contribution >= 4 is 11.8 Å². The molecule has 2 aliphatic carbocycles. The first-order chi connectivity index (χ1) is 6.81. The van der Waals surface area contributed by atoms with E-state index in [2.05, 4.69) is 30.3 Å². The fourth-order valence-electron chi connectivity index (χ4n) is 2.64. The summed E-state index contributed by atoms with van der Waals surface area (Å²) in [6.45, 7) is 2.38. The van der Waals surface area contributed by atoms with Gasteiger partial charge in [-0.2, -0.15) is 11.8 Å². The van der Waals surface area contributed by atoms with E-state index in [0.29, 0.717) is 0 Å². The Bertz CT molecular complexity index is 179. The third kappa shape index (κ3) is 2.66. The van der Waals surface area contributed by atoms with Gasteiger partial charge in [0.05, 0.1) is 0 Å². The van der Waals surface area contributed by atoms with Crippen LogP contribution in [-0.2, 0) is 0 Å². The number of nitrogens with one attached hydrogen (secondary N) is 1. The van der Waals surface area contributed by atoms with E-state index < -0.39 is 0 Å². The lowest BCUT2D eigenvalue weighted by atomic mass is 9.94. The second-order valence-corrected chi connectivity index (χ2v) is 6.03. The first-order valence-corrected chi connectivity index (χ1v) is 7.39. The van der Waals surface area contributed by atoms with Crippen LogP contribution in [0.1, 0.15) is 45.4 Å². The highest BCUT2D eigenvalue weighted by Crippen LogP contribution is 2.34. The quantitative estimate of drug-likeness (QED) is 0.770. The Labute approximate surface area is 92.4 Å². The van der Waals surface area contributed by atoms with Crippen molar-refractivity contribution in [3.63, 3.8) is 0 Å². The van der Waals surface area contributed by atoms with E-state index in [1.54, 1.807) is 0 Å². The molecule has 0 bridgehead atoms. The highest BCUT2D eigenvalue weighted by Gasteiger charge is 2.32. The maximum absolute atomic E-state index is 3.86. The first kappa shape index (κ1) is 10.8. The van der Waals surface area contributed by atoms with Crippen LogP contribution in [0.25, 0.3) is 0 Å². The van der Waals surface area contributed by atoms with Gasteiger partial charge in [-0.05, 0) is 44.8 Å². The molecule has 0 saturated heterocycles. The molecular formula is C12H23NS. The van der Waals surface area contributed by atoms with E-state index in [4.69, 9.17) is 0 Å². The summed E-state index contributed by atoms with van der Waals surface area (Å²) < 4.78 is 0. The van der Waals surface area contributed by atoms with Crippen molar-refractivity contribution in [2.24, 2.45) is 5.92 Å². The van der Waals surface area contributed by atoms with Crippen molar-refractivity contribution in [3.05, 3.63) is 0 Å². The van der Waals surface area contributed by atoms with Gasteiger partial charge < -0.3 is 5.32 Å². The fraction of sp³-hybridized carbons (Fsp3) is 1.00. The van der Waals surface area contributed by atoms with Crippen LogP contribution in [0.3, 0.4) is 0 Å². The van der Waals surface area contributed by atoms with Crippen molar-refractivity contribution in [2.75, 3.05) is 6.26 Å². The Kier molecular flexibility index (Phi) is 3.78. The average molecular weight is 213 g/mol. The number of rotatable bonds is 4. The fourth-order valence-corrected chi connectivity index (χ4v) is 3.59. The molecule has 0 aliphatic heterocycles. The van der Waals surface area contributed by atoms with E-state index in [-0.39, 0.29) is 0 Å². The van der Waals surface area contributed by atoms with E-state index in [1.165, 1.54) is 38.5 Å². The molecular weight excluding hydrogens is 190 g/mol. The van der Waals surface area contributed by atoms with E-state index in [0.717, 1.165) is 23.3 Å². The Morgan fingerprint density at radius 1 is 1.14 bits per heavy atom. The summed E-state index contributed by atoms with van der Waals surface area (Å²) in [6, 6.07) is 1.57. The molecule has 0 aromatic carbocycles. The second kappa shape index (κ2) is 4.89. The van der Waals surface area contributed by atoms with Crippen LogP contribution in [0.2, 0.25) is 0 Å². The Hall–Kier alpha value is 0.310. The van der Waals surface area contributed by atoms with Crippen LogP contribution >= 0.6 is 11.8 Å². The smallest absolute Gasteiger partial charge is 0.0198 e. The van der Waals surface area contributed by atoms with Gasteiger partial charge in [0.2, 0.25) is 0 Å². The van der Waals surface area contributed by atoms with Crippen LogP contribution in [0.15, 0.2) is 0 Å². The summed E-state index contributed by atoms with van der Waals surface area (Å²) in [5, 5.41) is 4.74. The molecule has 2 fully saturated rings. The maximum Gasteiger partial charge on any atom is 0.0198 e. The zero-order valence-electron chi connectivity index (χ0n) is 9.46. The van der Waals surface area contributed by atoms with Crippen molar-refractivity contribution in [1.29, 1.82) is 0 Å². The second-order valence-electron chi connectivity index (χ2n) is 4.96. The highest BCUT2D eigenvalue weighted by atomic mass is 32.2. The SMILES string of the molecule is CSC1CCCCC1NC(C)C1CC1. The van der Waals surface area contributed by atoms with Crippen LogP contribution in [-0.4, -0.2) is 23.6 Å². The zero-order valence-corrected chi connectivity index (χ0v) is 10.3. The topological polar surface area (TPSA) is 12.0 Å². The number of thioether (sulfide) groups is 1. The molecule has 0 radical (unpaired) electrons. The first-order valence-electron chi connectivity index (χ1n) is 6.10. The molecule has 0 heterocycles. The van der Waals surface area contributed by atoms with Crippen molar-refractivity contribution in [3.8, 4) is 0 Å². The minimum atomic E-state index is 0.771.